The largest absolute Gasteiger partial charge is 0.481 e. The van der Waals surface area contributed by atoms with Crippen LogP contribution in [-0.2, 0) is 24.0 Å². The second kappa shape index (κ2) is 13.3. The van der Waals surface area contributed by atoms with E-state index in [4.69, 9.17) is 5.73 Å². The molecule has 1 rings (SSSR count). The van der Waals surface area contributed by atoms with E-state index in [1.165, 1.54) is 11.8 Å². The molecule has 12 heteroatoms. The maximum Gasteiger partial charge on any atom is 0.326 e. The number of carboxylic acid groups (broad SMARTS) is 2. The molecule has 1 fully saturated rings. The molecular formula is C20H34N4O7S. The minimum Gasteiger partial charge on any atom is -0.481 e. The molecule has 1 heterocycles. The van der Waals surface area contributed by atoms with Crippen LogP contribution in [0.3, 0.4) is 0 Å². The Bertz CT molecular complexity index is 705. The van der Waals surface area contributed by atoms with Crippen molar-refractivity contribution in [2.45, 2.75) is 70.1 Å². The third-order valence-electron chi connectivity index (χ3n) is 5.58. The first-order chi connectivity index (χ1) is 15.0. The van der Waals surface area contributed by atoms with Gasteiger partial charge in [0.25, 0.3) is 0 Å². The second-order valence-electron chi connectivity index (χ2n) is 7.95. The summed E-state index contributed by atoms with van der Waals surface area (Å²) in [4.78, 5) is 62.2. The monoisotopic (exact) mass is 474 g/mol. The van der Waals surface area contributed by atoms with Crippen molar-refractivity contribution in [3.05, 3.63) is 0 Å². The molecule has 5 atom stereocenters. The molecule has 0 aliphatic carbocycles. The SMILES string of the molecule is CCC(C)C(NC(=O)C(N)CCSC)C(=O)NC(CC(=O)O)C(=O)N1CCCC1C(=O)O. The number of hydrogen-bond acceptors (Lipinski definition) is 7. The van der Waals surface area contributed by atoms with E-state index in [2.05, 4.69) is 10.6 Å². The molecule has 5 unspecified atom stereocenters. The minimum absolute atomic E-state index is 0.164. The first-order valence-electron chi connectivity index (χ1n) is 10.6. The normalized spacial score (nSPS) is 19.5. The van der Waals surface area contributed by atoms with Gasteiger partial charge >= 0.3 is 11.9 Å². The van der Waals surface area contributed by atoms with Crippen molar-refractivity contribution >= 4 is 41.4 Å². The summed E-state index contributed by atoms with van der Waals surface area (Å²) in [7, 11) is 0. The molecular weight excluding hydrogens is 440 g/mol. The number of carbonyl (C=O) groups is 5. The summed E-state index contributed by atoms with van der Waals surface area (Å²) in [5.41, 5.74) is 5.88. The molecule has 0 aromatic heterocycles. The third-order valence-corrected chi connectivity index (χ3v) is 6.22. The van der Waals surface area contributed by atoms with Gasteiger partial charge < -0.3 is 31.5 Å². The van der Waals surface area contributed by atoms with Crippen LogP contribution in [0.2, 0.25) is 0 Å². The first-order valence-corrected chi connectivity index (χ1v) is 12.0. The first kappa shape index (κ1) is 27.7. The van der Waals surface area contributed by atoms with E-state index >= 15 is 0 Å². The number of aliphatic carboxylic acids is 2. The maximum absolute atomic E-state index is 13.0. The molecule has 0 bridgehead atoms. The van der Waals surface area contributed by atoms with Gasteiger partial charge in [-0.25, -0.2) is 4.79 Å². The van der Waals surface area contributed by atoms with Gasteiger partial charge in [-0.3, -0.25) is 19.2 Å². The predicted molar refractivity (Wildman–Crippen MR) is 119 cm³/mol. The highest BCUT2D eigenvalue weighted by Crippen LogP contribution is 2.19. The van der Waals surface area contributed by atoms with Crippen LogP contribution in [0.5, 0.6) is 0 Å². The van der Waals surface area contributed by atoms with E-state index in [1.54, 1.807) is 6.92 Å². The number of hydrogen-bond donors (Lipinski definition) is 5. The molecule has 0 aromatic rings. The predicted octanol–water partition coefficient (Wildman–Crippen LogP) is -0.367. The second-order valence-corrected chi connectivity index (χ2v) is 8.93. The van der Waals surface area contributed by atoms with Gasteiger partial charge in [0.05, 0.1) is 12.5 Å². The van der Waals surface area contributed by atoms with Gasteiger partial charge in [0, 0.05) is 6.54 Å². The Morgan fingerprint density at radius 2 is 1.81 bits per heavy atom. The van der Waals surface area contributed by atoms with E-state index in [1.807, 2.05) is 13.2 Å². The summed E-state index contributed by atoms with van der Waals surface area (Å²) in [5, 5.41) is 23.6. The summed E-state index contributed by atoms with van der Waals surface area (Å²) in [6, 6.07) is -4.34. The summed E-state index contributed by atoms with van der Waals surface area (Å²) in [5.74, 6) is -4.13. The molecule has 0 radical (unpaired) electrons. The van der Waals surface area contributed by atoms with Crippen LogP contribution in [-0.4, -0.2) is 87.5 Å². The number of thioether (sulfide) groups is 1. The third kappa shape index (κ3) is 7.97. The van der Waals surface area contributed by atoms with E-state index in [-0.39, 0.29) is 18.9 Å². The van der Waals surface area contributed by atoms with E-state index in [0.29, 0.717) is 25.0 Å². The molecule has 32 heavy (non-hydrogen) atoms. The molecule has 6 N–H and O–H groups in total. The van der Waals surface area contributed by atoms with Crippen LogP contribution >= 0.6 is 11.8 Å². The smallest absolute Gasteiger partial charge is 0.326 e. The maximum atomic E-state index is 13.0. The van der Waals surface area contributed by atoms with Crippen molar-refractivity contribution in [2.24, 2.45) is 11.7 Å². The average Bonchev–Trinajstić information content (AvgIpc) is 3.23. The highest BCUT2D eigenvalue weighted by molar-refractivity contribution is 7.98. The standard InChI is InChI=1S/C20H34N4O7S/c1-4-11(2)16(23-17(27)12(21)7-9-32-3)18(28)22-13(10-15(25)26)19(29)24-8-5-6-14(24)20(30)31/h11-14,16H,4-10,21H2,1-3H3,(H,22,28)(H,23,27)(H,25,26)(H,30,31). The van der Waals surface area contributed by atoms with Crippen molar-refractivity contribution in [1.82, 2.24) is 15.5 Å². The summed E-state index contributed by atoms with van der Waals surface area (Å²) in [6.45, 7) is 3.73. The average molecular weight is 475 g/mol. The summed E-state index contributed by atoms with van der Waals surface area (Å²) < 4.78 is 0. The van der Waals surface area contributed by atoms with Gasteiger partial charge in [-0.15, -0.1) is 0 Å². The number of rotatable bonds is 13. The molecule has 3 amide bonds. The van der Waals surface area contributed by atoms with Crippen molar-refractivity contribution in [2.75, 3.05) is 18.6 Å². The Hall–Kier alpha value is -2.34. The lowest BCUT2D eigenvalue weighted by atomic mass is 9.97. The van der Waals surface area contributed by atoms with Gasteiger partial charge in [0.15, 0.2) is 0 Å². The molecule has 1 saturated heterocycles. The molecule has 1 aliphatic heterocycles. The fourth-order valence-corrected chi connectivity index (χ4v) is 3.95. The van der Waals surface area contributed by atoms with Crippen LogP contribution in [0.4, 0.5) is 0 Å². The highest BCUT2D eigenvalue weighted by atomic mass is 32.2. The van der Waals surface area contributed by atoms with Crippen molar-refractivity contribution in [3.8, 4) is 0 Å². The molecule has 182 valence electrons. The number of amides is 3. The number of likely N-dealkylation sites (tertiary alicyclic amines) is 1. The van der Waals surface area contributed by atoms with Gasteiger partial charge in [0.1, 0.15) is 18.1 Å². The van der Waals surface area contributed by atoms with Crippen LogP contribution < -0.4 is 16.4 Å². The zero-order valence-corrected chi connectivity index (χ0v) is 19.5. The van der Waals surface area contributed by atoms with Crippen LogP contribution in [0.1, 0.15) is 46.0 Å². The lowest BCUT2D eigenvalue weighted by Gasteiger charge is -2.29. The Kier molecular flexibility index (Phi) is 11.5. The van der Waals surface area contributed by atoms with Gasteiger partial charge in [-0.1, -0.05) is 20.3 Å². The van der Waals surface area contributed by atoms with Gasteiger partial charge in [0.2, 0.25) is 17.7 Å². The lowest BCUT2D eigenvalue weighted by Crippen LogP contribution is -2.59. The quantitative estimate of drug-likeness (QED) is 0.238. The molecule has 0 saturated carbocycles. The van der Waals surface area contributed by atoms with E-state index < -0.39 is 60.2 Å². The minimum atomic E-state index is -1.45. The van der Waals surface area contributed by atoms with Crippen molar-refractivity contribution in [3.63, 3.8) is 0 Å². The Morgan fingerprint density at radius 1 is 1.16 bits per heavy atom. The number of carboxylic acids is 2. The number of nitrogens with two attached hydrogens (primary N) is 1. The zero-order chi connectivity index (χ0) is 24.4. The zero-order valence-electron chi connectivity index (χ0n) is 18.7. The molecule has 1 aliphatic rings. The Labute approximate surface area is 191 Å². The highest BCUT2D eigenvalue weighted by Gasteiger charge is 2.39. The molecule has 0 aromatic carbocycles. The number of nitrogens with zero attached hydrogens (tertiary/aromatic N) is 1. The van der Waals surface area contributed by atoms with Crippen molar-refractivity contribution in [1.29, 1.82) is 0 Å². The fourth-order valence-electron chi connectivity index (χ4n) is 3.46. The van der Waals surface area contributed by atoms with E-state index in [0.717, 1.165) is 4.90 Å². The van der Waals surface area contributed by atoms with Gasteiger partial charge in [-0.2, -0.15) is 11.8 Å². The summed E-state index contributed by atoms with van der Waals surface area (Å²) in [6.07, 6.45) is 2.86. The number of nitrogens with one attached hydrogen (secondary N) is 2. The van der Waals surface area contributed by atoms with Crippen LogP contribution in [0.15, 0.2) is 0 Å². The lowest BCUT2D eigenvalue weighted by molar-refractivity contribution is -0.150. The Balaban J connectivity index is 3.00. The van der Waals surface area contributed by atoms with Gasteiger partial charge in [-0.05, 0) is 37.2 Å². The molecule has 11 nitrogen and oxygen atoms in total. The topological polar surface area (TPSA) is 179 Å². The van der Waals surface area contributed by atoms with Crippen LogP contribution in [0.25, 0.3) is 0 Å². The van der Waals surface area contributed by atoms with Crippen molar-refractivity contribution < 1.29 is 34.2 Å². The molecule has 0 spiro atoms. The number of carbonyl (C=O) groups excluding carboxylic acids is 3. The summed E-state index contributed by atoms with van der Waals surface area (Å²) >= 11 is 1.54. The fraction of sp³-hybridized carbons (Fsp3) is 0.750. The Morgan fingerprint density at radius 3 is 2.34 bits per heavy atom. The van der Waals surface area contributed by atoms with Crippen LogP contribution in [0, 0.1) is 5.92 Å². The van der Waals surface area contributed by atoms with E-state index in [9.17, 15) is 34.2 Å².